The lowest BCUT2D eigenvalue weighted by molar-refractivity contribution is 0.242. The number of nitriles is 1. The molecule has 0 spiro atoms. The minimum atomic E-state index is -0.166. The number of hydrogen-bond acceptors (Lipinski definition) is 3. The molecule has 0 aliphatic heterocycles. The van der Waals surface area contributed by atoms with Crippen LogP contribution in [0.3, 0.4) is 0 Å². The second kappa shape index (κ2) is 5.01. The summed E-state index contributed by atoms with van der Waals surface area (Å²) >= 11 is 1.69. The highest BCUT2D eigenvalue weighted by Crippen LogP contribution is 2.47. The summed E-state index contributed by atoms with van der Waals surface area (Å²) in [7, 11) is 0. The molecular weight excluding hydrogens is 230 g/mol. The first-order chi connectivity index (χ1) is 8.13. The van der Waals surface area contributed by atoms with E-state index >= 15 is 0 Å². The first-order valence-corrected chi connectivity index (χ1v) is 6.82. The Morgan fingerprint density at radius 1 is 1.29 bits per heavy atom. The number of rotatable bonds is 4. The fourth-order valence-electron chi connectivity index (χ4n) is 1.82. The van der Waals surface area contributed by atoms with Crippen molar-refractivity contribution in [1.29, 1.82) is 5.26 Å². The van der Waals surface area contributed by atoms with E-state index in [2.05, 4.69) is 6.07 Å². The molecule has 1 aromatic carbocycles. The maximum absolute atomic E-state index is 9.18. The maximum Gasteiger partial charge on any atom is 0.119 e. The summed E-state index contributed by atoms with van der Waals surface area (Å²) < 4.78 is 5.43. The van der Waals surface area contributed by atoms with Crippen molar-refractivity contribution in [2.24, 2.45) is 0 Å². The van der Waals surface area contributed by atoms with Gasteiger partial charge in [0.1, 0.15) is 10.5 Å². The van der Waals surface area contributed by atoms with Crippen LogP contribution in [-0.2, 0) is 0 Å². The van der Waals surface area contributed by atoms with E-state index in [0.29, 0.717) is 0 Å². The third-order valence-electron chi connectivity index (χ3n) is 2.87. The molecule has 2 rings (SSSR count). The van der Waals surface area contributed by atoms with E-state index in [0.717, 1.165) is 23.5 Å². The Balaban J connectivity index is 2.01. The predicted octanol–water partition coefficient (Wildman–Crippen LogP) is 4.01. The molecule has 0 unspecified atom stereocenters. The highest BCUT2D eigenvalue weighted by molar-refractivity contribution is 8.01. The van der Waals surface area contributed by atoms with Crippen molar-refractivity contribution >= 4 is 11.8 Å². The summed E-state index contributed by atoms with van der Waals surface area (Å²) in [5.41, 5.74) is 0. The highest BCUT2D eigenvalue weighted by Gasteiger charge is 2.38. The highest BCUT2D eigenvalue weighted by atomic mass is 32.2. The van der Waals surface area contributed by atoms with Gasteiger partial charge < -0.3 is 4.74 Å². The van der Waals surface area contributed by atoms with Crippen molar-refractivity contribution in [3.63, 3.8) is 0 Å². The molecule has 0 amide bonds. The average Bonchev–Trinajstić information content (AvgIpc) is 2.25. The van der Waals surface area contributed by atoms with Crippen LogP contribution in [0, 0.1) is 11.3 Å². The smallest absolute Gasteiger partial charge is 0.119 e. The van der Waals surface area contributed by atoms with Crippen LogP contribution in [0.1, 0.15) is 33.1 Å². The third-order valence-corrected chi connectivity index (χ3v) is 4.27. The average molecular weight is 247 g/mol. The van der Waals surface area contributed by atoms with Gasteiger partial charge in [-0.25, -0.2) is 0 Å². The molecule has 2 nitrogen and oxygen atoms in total. The standard InChI is InChI=1S/C14H17NOS/c1-11(2)16-12-4-6-13(7-5-12)17-14(10-15)8-3-9-14/h4-7,11H,3,8-9H2,1-2H3. The van der Waals surface area contributed by atoms with Crippen molar-refractivity contribution < 1.29 is 4.74 Å². The van der Waals surface area contributed by atoms with E-state index < -0.39 is 0 Å². The van der Waals surface area contributed by atoms with E-state index in [4.69, 9.17) is 4.74 Å². The molecule has 1 aromatic rings. The number of benzene rings is 1. The minimum absolute atomic E-state index is 0.166. The molecule has 0 radical (unpaired) electrons. The lowest BCUT2D eigenvalue weighted by atomic mass is 9.86. The monoisotopic (exact) mass is 247 g/mol. The molecule has 0 aromatic heterocycles. The van der Waals surface area contributed by atoms with Crippen LogP contribution in [0.25, 0.3) is 0 Å². The molecule has 0 heterocycles. The molecule has 3 heteroatoms. The van der Waals surface area contributed by atoms with Crippen LogP contribution in [0.4, 0.5) is 0 Å². The zero-order valence-corrected chi connectivity index (χ0v) is 11.1. The summed E-state index contributed by atoms with van der Waals surface area (Å²) in [6, 6.07) is 10.5. The van der Waals surface area contributed by atoms with Crippen molar-refractivity contribution in [1.82, 2.24) is 0 Å². The van der Waals surface area contributed by atoms with Crippen LogP contribution in [0.2, 0.25) is 0 Å². The van der Waals surface area contributed by atoms with Gasteiger partial charge in [-0.2, -0.15) is 5.26 Å². The van der Waals surface area contributed by atoms with Crippen molar-refractivity contribution in [3.05, 3.63) is 24.3 Å². The van der Waals surface area contributed by atoms with E-state index in [1.807, 2.05) is 38.1 Å². The number of thioether (sulfide) groups is 1. The van der Waals surface area contributed by atoms with Gasteiger partial charge in [0.05, 0.1) is 12.2 Å². The van der Waals surface area contributed by atoms with Crippen LogP contribution < -0.4 is 4.74 Å². The molecule has 0 N–H and O–H groups in total. The summed E-state index contributed by atoms with van der Waals surface area (Å²) in [5, 5.41) is 9.18. The molecule has 1 fully saturated rings. The van der Waals surface area contributed by atoms with Gasteiger partial charge in [-0.05, 0) is 57.4 Å². The van der Waals surface area contributed by atoms with E-state index in [-0.39, 0.29) is 10.9 Å². The van der Waals surface area contributed by atoms with Crippen LogP contribution in [0.5, 0.6) is 5.75 Å². The van der Waals surface area contributed by atoms with Gasteiger partial charge in [-0.15, -0.1) is 11.8 Å². The van der Waals surface area contributed by atoms with Crippen LogP contribution >= 0.6 is 11.8 Å². The van der Waals surface area contributed by atoms with Crippen molar-refractivity contribution in [2.45, 2.75) is 48.9 Å². The molecule has 0 bridgehead atoms. The lowest BCUT2D eigenvalue weighted by Crippen LogP contribution is -2.30. The second-order valence-electron chi connectivity index (χ2n) is 4.70. The van der Waals surface area contributed by atoms with Gasteiger partial charge >= 0.3 is 0 Å². The maximum atomic E-state index is 9.18. The lowest BCUT2D eigenvalue weighted by Gasteiger charge is -2.34. The quantitative estimate of drug-likeness (QED) is 0.806. The van der Waals surface area contributed by atoms with Crippen molar-refractivity contribution in [2.75, 3.05) is 0 Å². The Morgan fingerprint density at radius 2 is 1.94 bits per heavy atom. The van der Waals surface area contributed by atoms with Gasteiger partial charge in [0.25, 0.3) is 0 Å². The summed E-state index contributed by atoms with van der Waals surface area (Å²) in [6.45, 7) is 4.03. The van der Waals surface area contributed by atoms with Gasteiger partial charge in [0.2, 0.25) is 0 Å². The zero-order valence-electron chi connectivity index (χ0n) is 10.3. The number of ether oxygens (including phenoxy) is 1. The molecule has 90 valence electrons. The van der Waals surface area contributed by atoms with Gasteiger partial charge in [0.15, 0.2) is 0 Å². The van der Waals surface area contributed by atoms with E-state index in [1.54, 1.807) is 11.8 Å². The van der Waals surface area contributed by atoms with Gasteiger partial charge in [-0.1, -0.05) is 0 Å². The molecule has 17 heavy (non-hydrogen) atoms. The molecular formula is C14H17NOS. The fraction of sp³-hybridized carbons (Fsp3) is 0.500. The first kappa shape index (κ1) is 12.3. The molecule has 1 aliphatic carbocycles. The summed E-state index contributed by atoms with van der Waals surface area (Å²) in [5.74, 6) is 0.893. The fourth-order valence-corrected chi connectivity index (χ4v) is 3.08. The summed E-state index contributed by atoms with van der Waals surface area (Å²) in [6.07, 6.45) is 3.40. The normalized spacial score (nSPS) is 17.3. The number of hydrogen-bond donors (Lipinski definition) is 0. The third kappa shape index (κ3) is 2.95. The van der Waals surface area contributed by atoms with Crippen molar-refractivity contribution in [3.8, 4) is 11.8 Å². The second-order valence-corrected chi connectivity index (χ2v) is 6.16. The Morgan fingerprint density at radius 3 is 2.35 bits per heavy atom. The van der Waals surface area contributed by atoms with E-state index in [1.165, 1.54) is 6.42 Å². The Kier molecular flexibility index (Phi) is 3.63. The van der Waals surface area contributed by atoms with Gasteiger partial charge in [-0.3, -0.25) is 0 Å². The first-order valence-electron chi connectivity index (χ1n) is 6.00. The van der Waals surface area contributed by atoms with Crippen LogP contribution in [-0.4, -0.2) is 10.9 Å². The van der Waals surface area contributed by atoms with E-state index in [9.17, 15) is 5.26 Å². The SMILES string of the molecule is CC(C)Oc1ccc(SC2(C#N)CCC2)cc1. The van der Waals surface area contributed by atoms with Crippen LogP contribution in [0.15, 0.2) is 29.2 Å². The largest absolute Gasteiger partial charge is 0.491 e. The number of nitrogens with zero attached hydrogens (tertiary/aromatic N) is 1. The Hall–Kier alpha value is -1.14. The zero-order chi connectivity index (χ0) is 12.3. The minimum Gasteiger partial charge on any atom is -0.491 e. The summed E-state index contributed by atoms with van der Waals surface area (Å²) in [4.78, 5) is 1.15. The topological polar surface area (TPSA) is 33.0 Å². The molecule has 0 atom stereocenters. The molecule has 1 aliphatic rings. The predicted molar refractivity (Wildman–Crippen MR) is 70.3 cm³/mol. The molecule has 1 saturated carbocycles. The Labute approximate surface area is 107 Å². The molecule has 0 saturated heterocycles. The van der Waals surface area contributed by atoms with Gasteiger partial charge in [0, 0.05) is 4.90 Å². The Bertz CT molecular complexity index is 415.